The molecule has 0 amide bonds. The van der Waals surface area contributed by atoms with E-state index in [4.69, 9.17) is 11.6 Å². The van der Waals surface area contributed by atoms with E-state index in [0.29, 0.717) is 0 Å². The van der Waals surface area contributed by atoms with E-state index >= 15 is 0 Å². The Hall–Kier alpha value is -1.77. The van der Waals surface area contributed by atoms with E-state index in [0.717, 1.165) is 29.1 Å². The fraction of sp³-hybridized carbons (Fsp3) is 0.333. The molecule has 1 aromatic carbocycles. The molecule has 3 rings (SSSR count). The summed E-state index contributed by atoms with van der Waals surface area (Å²) in [5, 5.41) is 5.54. The number of benzene rings is 1. The molecular weight excluding hydrogens is 316 g/mol. The molecule has 0 aliphatic carbocycles. The van der Waals surface area contributed by atoms with E-state index in [1.54, 1.807) is 6.08 Å². The van der Waals surface area contributed by atoms with E-state index < -0.39 is 0 Å². The van der Waals surface area contributed by atoms with E-state index in [1.165, 1.54) is 16.6 Å². The third-order valence-corrected chi connectivity index (χ3v) is 4.03. The Morgan fingerprint density at radius 2 is 1.92 bits per heavy atom. The fourth-order valence-corrected chi connectivity index (χ4v) is 3.07. The van der Waals surface area contributed by atoms with Crippen molar-refractivity contribution in [1.82, 2.24) is 10.3 Å². The minimum atomic E-state index is 0.139. The van der Waals surface area contributed by atoms with Crippen molar-refractivity contribution in [3.05, 3.63) is 71.4 Å². The molecule has 0 fully saturated rings. The molecular formula is C21H29ClN2. The highest BCUT2D eigenvalue weighted by Gasteiger charge is 2.25. The third kappa shape index (κ3) is 4.19. The first kappa shape index (κ1) is 20.3. The second-order valence-corrected chi connectivity index (χ2v) is 5.39. The molecule has 1 aromatic heterocycles. The van der Waals surface area contributed by atoms with Crippen LogP contribution in [0.4, 0.5) is 0 Å². The van der Waals surface area contributed by atoms with Gasteiger partial charge in [0, 0.05) is 28.2 Å². The average Bonchev–Trinajstić information content (AvgIpc) is 3.01. The molecule has 3 heteroatoms. The standard InChI is InChI=1S/C17H17ClN2.2C2H6/c1-3-5-11(4-2)16-17-13(8-9-19-16)14-10-12(18)6-7-15(14)20-17;2*1-2/h3-7,10,16,19-20H,1-2,8-9H2;2*1-2H3/b11-5+;;. The highest BCUT2D eigenvalue weighted by Crippen LogP contribution is 2.34. The van der Waals surface area contributed by atoms with Crippen LogP contribution in [0, 0.1) is 0 Å². The number of rotatable bonds is 3. The van der Waals surface area contributed by atoms with Gasteiger partial charge in [0.25, 0.3) is 0 Å². The Morgan fingerprint density at radius 1 is 1.21 bits per heavy atom. The maximum Gasteiger partial charge on any atom is 0.0732 e. The summed E-state index contributed by atoms with van der Waals surface area (Å²) in [5.74, 6) is 0. The first-order valence-electron chi connectivity index (χ1n) is 8.73. The Labute approximate surface area is 151 Å². The number of aromatic nitrogens is 1. The van der Waals surface area contributed by atoms with Gasteiger partial charge in [0.2, 0.25) is 0 Å². The molecule has 1 atom stereocenters. The van der Waals surface area contributed by atoms with Crippen LogP contribution in [-0.4, -0.2) is 11.5 Å². The van der Waals surface area contributed by atoms with Crippen molar-refractivity contribution >= 4 is 22.5 Å². The van der Waals surface area contributed by atoms with Crippen LogP contribution < -0.4 is 5.32 Å². The zero-order valence-corrected chi connectivity index (χ0v) is 16.0. The van der Waals surface area contributed by atoms with Crippen molar-refractivity contribution in [2.45, 2.75) is 40.2 Å². The molecule has 24 heavy (non-hydrogen) atoms. The smallest absolute Gasteiger partial charge is 0.0732 e. The molecule has 0 radical (unpaired) electrons. The molecule has 0 spiro atoms. The van der Waals surface area contributed by atoms with Crippen LogP contribution in [0.2, 0.25) is 5.02 Å². The molecule has 2 heterocycles. The summed E-state index contributed by atoms with van der Waals surface area (Å²) in [6.07, 6.45) is 6.68. The number of hydrogen-bond donors (Lipinski definition) is 2. The van der Waals surface area contributed by atoms with Crippen LogP contribution in [0.25, 0.3) is 10.9 Å². The highest BCUT2D eigenvalue weighted by atomic mass is 35.5. The lowest BCUT2D eigenvalue weighted by atomic mass is 9.94. The number of nitrogens with one attached hydrogen (secondary N) is 2. The van der Waals surface area contributed by atoms with Gasteiger partial charge in [-0.1, -0.05) is 70.7 Å². The molecule has 1 aliphatic rings. The van der Waals surface area contributed by atoms with Crippen molar-refractivity contribution in [1.29, 1.82) is 0 Å². The van der Waals surface area contributed by atoms with Crippen LogP contribution in [0.1, 0.15) is 45.0 Å². The maximum absolute atomic E-state index is 6.12. The van der Waals surface area contributed by atoms with E-state index in [9.17, 15) is 0 Å². The monoisotopic (exact) mass is 344 g/mol. The number of hydrogen-bond acceptors (Lipinski definition) is 1. The van der Waals surface area contributed by atoms with Crippen molar-refractivity contribution in [3.63, 3.8) is 0 Å². The summed E-state index contributed by atoms with van der Waals surface area (Å²) < 4.78 is 0. The Bertz CT molecular complexity index is 710. The van der Waals surface area contributed by atoms with Crippen molar-refractivity contribution in [2.24, 2.45) is 0 Å². The molecule has 2 N–H and O–H groups in total. The summed E-state index contributed by atoms with van der Waals surface area (Å²) in [6, 6.07) is 6.14. The maximum atomic E-state index is 6.12. The van der Waals surface area contributed by atoms with E-state index in [2.05, 4.69) is 23.5 Å². The average molecular weight is 345 g/mol. The lowest BCUT2D eigenvalue weighted by molar-refractivity contribution is 0.559. The quantitative estimate of drug-likeness (QED) is 0.623. The summed E-state index contributed by atoms with van der Waals surface area (Å²) in [5.41, 5.74) is 4.82. The van der Waals surface area contributed by atoms with Gasteiger partial charge in [0.05, 0.1) is 6.04 Å². The number of fused-ring (bicyclic) bond motifs is 3. The first-order valence-corrected chi connectivity index (χ1v) is 9.11. The van der Waals surface area contributed by atoms with Crippen molar-refractivity contribution < 1.29 is 0 Å². The van der Waals surface area contributed by atoms with Gasteiger partial charge < -0.3 is 10.3 Å². The Morgan fingerprint density at radius 3 is 2.54 bits per heavy atom. The molecule has 2 nitrogen and oxygen atoms in total. The molecule has 0 saturated carbocycles. The van der Waals surface area contributed by atoms with Gasteiger partial charge in [-0.05, 0) is 35.8 Å². The lowest BCUT2D eigenvalue weighted by Gasteiger charge is -2.25. The van der Waals surface area contributed by atoms with Crippen LogP contribution in [0.3, 0.4) is 0 Å². The van der Waals surface area contributed by atoms with Crippen LogP contribution in [0.5, 0.6) is 0 Å². The largest absolute Gasteiger partial charge is 0.357 e. The summed E-state index contributed by atoms with van der Waals surface area (Å²) in [4.78, 5) is 3.52. The third-order valence-electron chi connectivity index (χ3n) is 3.79. The normalized spacial score (nSPS) is 16.2. The summed E-state index contributed by atoms with van der Waals surface area (Å²) in [7, 11) is 0. The van der Waals surface area contributed by atoms with Gasteiger partial charge in [0.1, 0.15) is 0 Å². The molecule has 130 valence electrons. The van der Waals surface area contributed by atoms with Crippen LogP contribution in [0.15, 0.2) is 55.2 Å². The van der Waals surface area contributed by atoms with Gasteiger partial charge >= 0.3 is 0 Å². The number of aromatic amines is 1. The van der Waals surface area contributed by atoms with Gasteiger partial charge in [-0.25, -0.2) is 0 Å². The van der Waals surface area contributed by atoms with Gasteiger partial charge in [-0.3, -0.25) is 0 Å². The Balaban J connectivity index is 0.000000671. The predicted molar refractivity (Wildman–Crippen MR) is 109 cm³/mol. The van der Waals surface area contributed by atoms with Gasteiger partial charge in [-0.2, -0.15) is 0 Å². The number of halogens is 1. The molecule has 1 aliphatic heterocycles. The number of allylic oxidation sites excluding steroid dienone is 2. The second kappa shape index (κ2) is 10.2. The predicted octanol–water partition coefficient (Wildman–Crippen LogP) is 6.36. The van der Waals surface area contributed by atoms with Crippen LogP contribution in [-0.2, 0) is 6.42 Å². The molecule has 0 bridgehead atoms. The van der Waals surface area contributed by atoms with E-state index in [-0.39, 0.29) is 6.04 Å². The minimum Gasteiger partial charge on any atom is -0.357 e. The minimum absolute atomic E-state index is 0.139. The molecule has 0 saturated heterocycles. The first-order chi connectivity index (χ1) is 11.7. The van der Waals surface area contributed by atoms with Crippen LogP contribution >= 0.6 is 11.6 Å². The SMILES string of the molecule is C=C/C=C(\C=C)C1NCCc2c1[nH]c1ccc(Cl)cc21.CC.CC. The van der Waals surface area contributed by atoms with Crippen molar-refractivity contribution in [3.8, 4) is 0 Å². The lowest BCUT2D eigenvalue weighted by Crippen LogP contribution is -2.30. The number of H-pyrrole nitrogens is 1. The highest BCUT2D eigenvalue weighted by molar-refractivity contribution is 6.31. The fourth-order valence-electron chi connectivity index (χ4n) is 2.90. The Kier molecular flexibility index (Phi) is 8.59. The van der Waals surface area contributed by atoms with Gasteiger partial charge in [0.15, 0.2) is 0 Å². The topological polar surface area (TPSA) is 27.8 Å². The zero-order chi connectivity index (χ0) is 18.1. The van der Waals surface area contributed by atoms with Gasteiger partial charge in [-0.15, -0.1) is 0 Å². The molecule has 1 unspecified atom stereocenters. The van der Waals surface area contributed by atoms with E-state index in [1.807, 2.05) is 58.0 Å². The van der Waals surface area contributed by atoms with Crippen molar-refractivity contribution in [2.75, 3.05) is 6.54 Å². The molecule has 2 aromatic rings. The summed E-state index contributed by atoms with van der Waals surface area (Å²) >= 11 is 6.12. The zero-order valence-electron chi connectivity index (χ0n) is 15.2. The second-order valence-electron chi connectivity index (χ2n) is 4.95. The summed E-state index contributed by atoms with van der Waals surface area (Å²) in [6.45, 7) is 16.6.